The van der Waals surface area contributed by atoms with Gasteiger partial charge in [-0.25, -0.2) is 0 Å². The molecule has 0 bridgehead atoms. The zero-order valence-corrected chi connectivity index (χ0v) is 16.8. The average Bonchev–Trinajstić information content (AvgIpc) is 2.65. The number of aryl methyl sites for hydroxylation is 1. The minimum absolute atomic E-state index is 0.446. The third kappa shape index (κ3) is 5.20. The average molecular weight is 352 g/mol. The third-order valence-electron chi connectivity index (χ3n) is 5.03. The Morgan fingerprint density at radius 1 is 1.35 bits per heavy atom. The molecule has 2 heteroatoms. The Balaban J connectivity index is 2.34. The highest BCUT2D eigenvalue weighted by atomic mass is 16.5. The van der Waals surface area contributed by atoms with Crippen LogP contribution in [0.3, 0.4) is 0 Å². The first-order chi connectivity index (χ1) is 12.6. The van der Waals surface area contributed by atoms with Gasteiger partial charge < -0.3 is 4.74 Å². The van der Waals surface area contributed by atoms with Crippen LogP contribution in [0.1, 0.15) is 69.9 Å². The molecule has 0 radical (unpaired) electrons. The highest BCUT2D eigenvalue weighted by Gasteiger charge is 2.20. The second kappa shape index (κ2) is 10.2. The summed E-state index contributed by atoms with van der Waals surface area (Å²) in [6.45, 7) is 13.4. The molecule has 0 spiro atoms. The van der Waals surface area contributed by atoms with Crippen molar-refractivity contribution in [3.8, 4) is 0 Å². The summed E-state index contributed by atoms with van der Waals surface area (Å²) in [5.41, 5.74) is 6.41. The van der Waals surface area contributed by atoms with E-state index in [-0.39, 0.29) is 0 Å². The van der Waals surface area contributed by atoms with Crippen molar-refractivity contribution in [2.75, 3.05) is 6.54 Å². The van der Waals surface area contributed by atoms with Gasteiger partial charge in [-0.15, -0.1) is 0 Å². The van der Waals surface area contributed by atoms with E-state index in [9.17, 15) is 0 Å². The maximum atomic E-state index is 5.79. The number of nitrogens with zero attached hydrogens (tertiary/aromatic N) is 1. The lowest BCUT2D eigenvalue weighted by Crippen LogP contribution is -2.14. The van der Waals surface area contributed by atoms with Gasteiger partial charge in [-0.2, -0.15) is 0 Å². The van der Waals surface area contributed by atoms with Crippen molar-refractivity contribution in [3.05, 3.63) is 71.2 Å². The van der Waals surface area contributed by atoms with Gasteiger partial charge in [-0.05, 0) is 56.7 Å². The molecule has 2 rings (SSSR count). The third-order valence-corrected chi connectivity index (χ3v) is 5.03. The zero-order valence-electron chi connectivity index (χ0n) is 16.8. The zero-order chi connectivity index (χ0) is 18.9. The topological polar surface area (TPSA) is 21.6 Å². The lowest BCUT2D eigenvalue weighted by Gasteiger charge is -2.24. The molecule has 1 aliphatic heterocycles. The molecule has 0 aromatic heterocycles. The van der Waals surface area contributed by atoms with Crippen molar-refractivity contribution >= 4 is 5.71 Å². The molecule has 0 saturated carbocycles. The van der Waals surface area contributed by atoms with E-state index in [4.69, 9.17) is 9.73 Å². The van der Waals surface area contributed by atoms with E-state index in [2.05, 4.69) is 64.6 Å². The molecule has 1 unspecified atom stereocenters. The van der Waals surface area contributed by atoms with E-state index in [1.165, 1.54) is 41.4 Å². The fourth-order valence-electron chi connectivity index (χ4n) is 3.63. The molecule has 1 aromatic carbocycles. The SMILES string of the molecule is C=COC(C1=NCCC(C(CC)c2cccc(C)c2)=C1)=C(C)CCCC. The van der Waals surface area contributed by atoms with Crippen LogP contribution >= 0.6 is 0 Å². The molecule has 0 fully saturated rings. The normalized spacial score (nSPS) is 16.3. The van der Waals surface area contributed by atoms with Crippen LogP contribution in [0.4, 0.5) is 0 Å². The molecule has 1 aromatic rings. The molecular weight excluding hydrogens is 318 g/mol. The fourth-order valence-corrected chi connectivity index (χ4v) is 3.63. The van der Waals surface area contributed by atoms with Gasteiger partial charge in [0.05, 0.1) is 12.0 Å². The summed E-state index contributed by atoms with van der Waals surface area (Å²) < 4.78 is 5.79. The molecule has 140 valence electrons. The summed E-state index contributed by atoms with van der Waals surface area (Å²) in [6.07, 6.45) is 9.28. The van der Waals surface area contributed by atoms with Crippen molar-refractivity contribution in [2.45, 2.75) is 65.7 Å². The standard InChI is InChI=1S/C24H33NO/c1-6-9-12-19(5)24(26-8-3)23-17-21(14-15-25-23)22(7-2)20-13-10-11-18(4)16-20/h8,10-11,13,16-17,22H,3,6-7,9,12,14-15H2,1-2,4-5H3. The Morgan fingerprint density at radius 3 is 2.81 bits per heavy atom. The van der Waals surface area contributed by atoms with Crippen LogP contribution in [0.5, 0.6) is 0 Å². The largest absolute Gasteiger partial charge is 0.463 e. The Bertz CT molecular complexity index is 709. The fraction of sp³-hybridized carbons (Fsp3) is 0.458. The van der Waals surface area contributed by atoms with Crippen molar-refractivity contribution < 1.29 is 4.74 Å². The lowest BCUT2D eigenvalue weighted by molar-refractivity contribution is 0.371. The van der Waals surface area contributed by atoms with Gasteiger partial charge in [0.25, 0.3) is 0 Å². The van der Waals surface area contributed by atoms with E-state index >= 15 is 0 Å². The Kier molecular flexibility index (Phi) is 7.90. The number of hydrogen-bond acceptors (Lipinski definition) is 2. The van der Waals surface area contributed by atoms with E-state index in [0.29, 0.717) is 5.92 Å². The molecule has 0 amide bonds. The maximum absolute atomic E-state index is 5.79. The highest BCUT2D eigenvalue weighted by Crippen LogP contribution is 2.33. The van der Waals surface area contributed by atoms with Gasteiger partial charge in [-0.3, -0.25) is 4.99 Å². The van der Waals surface area contributed by atoms with Gasteiger partial charge in [0.2, 0.25) is 0 Å². The number of hydrogen-bond donors (Lipinski definition) is 0. The molecule has 1 aliphatic rings. The van der Waals surface area contributed by atoms with Crippen LogP contribution in [0.25, 0.3) is 0 Å². The van der Waals surface area contributed by atoms with Crippen molar-refractivity contribution in [1.82, 2.24) is 0 Å². The first-order valence-corrected chi connectivity index (χ1v) is 9.89. The molecule has 26 heavy (non-hydrogen) atoms. The predicted molar refractivity (Wildman–Crippen MR) is 113 cm³/mol. The monoisotopic (exact) mass is 351 g/mol. The number of rotatable bonds is 9. The summed E-state index contributed by atoms with van der Waals surface area (Å²) in [7, 11) is 0. The lowest BCUT2D eigenvalue weighted by atomic mass is 9.84. The van der Waals surface area contributed by atoms with Crippen LogP contribution in [0.2, 0.25) is 0 Å². The highest BCUT2D eigenvalue weighted by molar-refractivity contribution is 6.08. The quantitative estimate of drug-likeness (QED) is 0.444. The summed E-state index contributed by atoms with van der Waals surface area (Å²) in [6, 6.07) is 8.88. The van der Waals surface area contributed by atoms with Crippen LogP contribution in [0, 0.1) is 6.92 Å². The Morgan fingerprint density at radius 2 is 2.15 bits per heavy atom. The van der Waals surface area contributed by atoms with Gasteiger partial charge in [0.15, 0.2) is 5.76 Å². The number of unbranched alkanes of at least 4 members (excludes halogenated alkanes) is 1. The second-order valence-electron chi connectivity index (χ2n) is 7.11. The van der Waals surface area contributed by atoms with Gasteiger partial charge in [-0.1, -0.05) is 62.2 Å². The molecule has 0 aliphatic carbocycles. The van der Waals surface area contributed by atoms with Crippen LogP contribution in [-0.4, -0.2) is 12.3 Å². The number of aliphatic imine (C=N–C) groups is 1. The van der Waals surface area contributed by atoms with Gasteiger partial charge in [0, 0.05) is 12.5 Å². The smallest absolute Gasteiger partial charge is 0.150 e. The Labute approximate surface area is 159 Å². The number of ether oxygens (including phenoxy) is 1. The second-order valence-corrected chi connectivity index (χ2v) is 7.11. The molecular formula is C24H33NO. The van der Waals surface area contributed by atoms with Crippen LogP contribution in [0.15, 0.2) is 65.1 Å². The number of dihydropyridines is 1. The molecule has 0 N–H and O–H groups in total. The van der Waals surface area contributed by atoms with Crippen molar-refractivity contribution in [1.29, 1.82) is 0 Å². The van der Waals surface area contributed by atoms with Crippen LogP contribution in [-0.2, 0) is 4.74 Å². The molecule has 1 heterocycles. The molecule has 0 saturated heterocycles. The predicted octanol–water partition coefficient (Wildman–Crippen LogP) is 6.88. The minimum atomic E-state index is 0.446. The molecule has 2 nitrogen and oxygen atoms in total. The summed E-state index contributed by atoms with van der Waals surface area (Å²) in [5.74, 6) is 1.34. The van der Waals surface area contributed by atoms with E-state index in [1.807, 2.05) is 0 Å². The first kappa shape index (κ1) is 20.2. The van der Waals surface area contributed by atoms with Gasteiger partial charge in [0.1, 0.15) is 0 Å². The van der Waals surface area contributed by atoms with E-state index in [0.717, 1.165) is 37.3 Å². The summed E-state index contributed by atoms with van der Waals surface area (Å²) in [5, 5.41) is 0. The Hall–Kier alpha value is -2.09. The number of benzene rings is 1. The number of allylic oxidation sites excluding steroid dienone is 2. The van der Waals surface area contributed by atoms with Crippen molar-refractivity contribution in [3.63, 3.8) is 0 Å². The van der Waals surface area contributed by atoms with E-state index < -0.39 is 0 Å². The van der Waals surface area contributed by atoms with Crippen molar-refractivity contribution in [2.24, 2.45) is 4.99 Å². The van der Waals surface area contributed by atoms with Gasteiger partial charge >= 0.3 is 0 Å². The van der Waals surface area contributed by atoms with E-state index in [1.54, 1.807) is 0 Å². The summed E-state index contributed by atoms with van der Waals surface area (Å²) >= 11 is 0. The summed E-state index contributed by atoms with van der Waals surface area (Å²) in [4.78, 5) is 4.77. The first-order valence-electron chi connectivity index (χ1n) is 9.89. The minimum Gasteiger partial charge on any atom is -0.463 e. The molecule has 1 atom stereocenters. The maximum Gasteiger partial charge on any atom is 0.150 e. The van der Waals surface area contributed by atoms with Crippen LogP contribution < -0.4 is 0 Å².